The van der Waals surface area contributed by atoms with Gasteiger partial charge in [0.15, 0.2) is 5.82 Å². The van der Waals surface area contributed by atoms with E-state index in [1.54, 1.807) is 0 Å². The van der Waals surface area contributed by atoms with Crippen molar-refractivity contribution in [2.24, 2.45) is 11.8 Å². The van der Waals surface area contributed by atoms with Gasteiger partial charge < -0.3 is 4.57 Å². The van der Waals surface area contributed by atoms with Crippen molar-refractivity contribution in [3.05, 3.63) is 29.6 Å². The van der Waals surface area contributed by atoms with Crippen LogP contribution in [0, 0.1) is 23.5 Å². The molecule has 0 amide bonds. The molecule has 1 aromatic heterocycles. The highest BCUT2D eigenvalue weighted by atomic mass is 35.5. The molecule has 1 aliphatic carbocycles. The molecule has 3 unspecified atom stereocenters. The van der Waals surface area contributed by atoms with Crippen molar-refractivity contribution in [3.8, 4) is 0 Å². The summed E-state index contributed by atoms with van der Waals surface area (Å²) in [6, 6.07) is 2.46. The van der Waals surface area contributed by atoms with Crippen LogP contribution in [-0.4, -0.2) is 9.55 Å². The number of aromatic nitrogens is 2. The highest BCUT2D eigenvalue weighted by molar-refractivity contribution is 6.16. The van der Waals surface area contributed by atoms with E-state index in [2.05, 4.69) is 18.8 Å². The molecule has 5 heteroatoms. The Morgan fingerprint density at radius 2 is 2.05 bits per heavy atom. The zero-order chi connectivity index (χ0) is 15.1. The Morgan fingerprint density at radius 3 is 2.71 bits per heavy atom. The van der Waals surface area contributed by atoms with Gasteiger partial charge in [0.1, 0.15) is 17.2 Å². The van der Waals surface area contributed by atoms with Crippen LogP contribution in [0.15, 0.2) is 12.1 Å². The average Bonchev–Trinajstić information content (AvgIpc) is 2.77. The zero-order valence-corrected chi connectivity index (χ0v) is 13.0. The minimum absolute atomic E-state index is 0.203. The van der Waals surface area contributed by atoms with E-state index in [1.165, 1.54) is 6.07 Å². The quantitative estimate of drug-likeness (QED) is 0.709. The molecule has 114 valence electrons. The third-order valence-corrected chi connectivity index (χ3v) is 4.86. The summed E-state index contributed by atoms with van der Waals surface area (Å²) in [5.74, 6) is 0.779. The number of nitrogens with zero attached hydrogens (tertiary/aromatic N) is 2. The van der Waals surface area contributed by atoms with Crippen LogP contribution in [0.3, 0.4) is 0 Å². The Labute approximate surface area is 128 Å². The monoisotopic (exact) mass is 312 g/mol. The molecule has 1 fully saturated rings. The van der Waals surface area contributed by atoms with Gasteiger partial charge in [0, 0.05) is 12.1 Å². The van der Waals surface area contributed by atoms with Gasteiger partial charge in [-0.2, -0.15) is 0 Å². The number of rotatable bonds is 2. The van der Waals surface area contributed by atoms with E-state index in [4.69, 9.17) is 11.6 Å². The molecular formula is C16H19ClF2N2. The van der Waals surface area contributed by atoms with Gasteiger partial charge >= 0.3 is 0 Å². The Bertz CT molecular complexity index is 668. The summed E-state index contributed by atoms with van der Waals surface area (Å²) < 4.78 is 29.5. The fourth-order valence-corrected chi connectivity index (χ4v) is 3.85. The van der Waals surface area contributed by atoms with Crippen LogP contribution in [0.4, 0.5) is 8.78 Å². The van der Waals surface area contributed by atoms with Crippen LogP contribution < -0.4 is 0 Å². The highest BCUT2D eigenvalue weighted by Crippen LogP contribution is 2.39. The van der Waals surface area contributed by atoms with E-state index < -0.39 is 11.6 Å². The largest absolute Gasteiger partial charge is 0.323 e. The lowest BCUT2D eigenvalue weighted by Gasteiger charge is -2.34. The molecule has 21 heavy (non-hydrogen) atoms. The Hall–Kier alpha value is -1.16. The minimum Gasteiger partial charge on any atom is -0.323 e. The molecule has 2 nitrogen and oxygen atoms in total. The van der Waals surface area contributed by atoms with E-state index in [0.29, 0.717) is 23.2 Å². The molecule has 0 radical (unpaired) electrons. The molecule has 1 heterocycles. The first-order chi connectivity index (χ1) is 10.0. The standard InChI is InChI=1S/C16H19ClF2N2/c1-9-3-4-13(10(2)5-9)21-14-7-11(18)6-12(19)16(14)20-15(21)8-17/h6-7,9-10,13H,3-5,8H2,1-2H3. The molecule has 3 atom stereocenters. The SMILES string of the molecule is CC1CCC(n2c(CCl)nc3c(F)cc(F)cc32)C(C)C1. The number of benzene rings is 1. The predicted molar refractivity (Wildman–Crippen MR) is 80.4 cm³/mol. The molecule has 1 aliphatic rings. The first kappa shape index (κ1) is 14.8. The fourth-order valence-electron chi connectivity index (χ4n) is 3.67. The van der Waals surface area contributed by atoms with Crippen molar-refractivity contribution in [2.75, 3.05) is 0 Å². The minimum atomic E-state index is -0.619. The summed E-state index contributed by atoms with van der Waals surface area (Å²) >= 11 is 5.99. The Morgan fingerprint density at radius 1 is 1.29 bits per heavy atom. The predicted octanol–water partition coefficient (Wildman–Crippen LogP) is 5.05. The van der Waals surface area contributed by atoms with Gasteiger partial charge in [0.25, 0.3) is 0 Å². The number of alkyl halides is 1. The maximum absolute atomic E-state index is 13.9. The van der Waals surface area contributed by atoms with Crippen molar-refractivity contribution >= 4 is 22.6 Å². The Kier molecular flexibility index (Phi) is 3.91. The van der Waals surface area contributed by atoms with E-state index in [-0.39, 0.29) is 17.4 Å². The third-order valence-electron chi connectivity index (χ3n) is 4.62. The normalized spacial score (nSPS) is 26.4. The number of hydrogen-bond donors (Lipinski definition) is 0. The second-order valence-electron chi connectivity index (χ2n) is 6.25. The van der Waals surface area contributed by atoms with Gasteiger partial charge in [-0.15, -0.1) is 11.6 Å². The van der Waals surface area contributed by atoms with Crippen molar-refractivity contribution < 1.29 is 8.78 Å². The molecule has 0 N–H and O–H groups in total. The molecule has 2 aromatic rings. The lowest BCUT2D eigenvalue weighted by molar-refractivity contribution is 0.208. The smallest absolute Gasteiger partial charge is 0.153 e. The lowest BCUT2D eigenvalue weighted by Crippen LogP contribution is -2.25. The average molecular weight is 313 g/mol. The maximum atomic E-state index is 13.9. The number of hydrogen-bond acceptors (Lipinski definition) is 1. The highest BCUT2D eigenvalue weighted by Gasteiger charge is 2.30. The molecular weight excluding hydrogens is 294 g/mol. The van der Waals surface area contributed by atoms with E-state index in [1.807, 2.05) is 4.57 Å². The van der Waals surface area contributed by atoms with Gasteiger partial charge in [0.05, 0.1) is 11.4 Å². The zero-order valence-electron chi connectivity index (χ0n) is 12.2. The van der Waals surface area contributed by atoms with Crippen LogP contribution in [0.1, 0.15) is 45.0 Å². The van der Waals surface area contributed by atoms with Gasteiger partial charge in [-0.25, -0.2) is 13.8 Å². The van der Waals surface area contributed by atoms with Gasteiger partial charge in [0.2, 0.25) is 0 Å². The van der Waals surface area contributed by atoms with Gasteiger partial charge in [-0.05, 0) is 37.2 Å². The van der Waals surface area contributed by atoms with Crippen LogP contribution in [0.5, 0.6) is 0 Å². The first-order valence-corrected chi connectivity index (χ1v) is 7.96. The topological polar surface area (TPSA) is 17.8 Å². The van der Waals surface area contributed by atoms with E-state index in [0.717, 1.165) is 25.3 Å². The summed E-state index contributed by atoms with van der Waals surface area (Å²) in [6.07, 6.45) is 3.23. The maximum Gasteiger partial charge on any atom is 0.153 e. The molecule has 0 aliphatic heterocycles. The van der Waals surface area contributed by atoms with Crippen molar-refractivity contribution in [3.63, 3.8) is 0 Å². The van der Waals surface area contributed by atoms with Crippen LogP contribution in [0.25, 0.3) is 11.0 Å². The number of imidazole rings is 1. The lowest BCUT2D eigenvalue weighted by atomic mass is 9.79. The molecule has 1 saturated carbocycles. The van der Waals surface area contributed by atoms with Crippen molar-refractivity contribution in [2.45, 2.75) is 45.0 Å². The molecule has 1 aromatic carbocycles. The Balaban J connectivity index is 2.16. The second-order valence-corrected chi connectivity index (χ2v) is 6.52. The fraction of sp³-hybridized carbons (Fsp3) is 0.562. The first-order valence-electron chi connectivity index (χ1n) is 7.43. The number of fused-ring (bicyclic) bond motifs is 1. The molecule has 0 bridgehead atoms. The van der Waals surface area contributed by atoms with Crippen LogP contribution in [-0.2, 0) is 5.88 Å². The molecule has 3 rings (SSSR count). The second kappa shape index (κ2) is 5.56. The van der Waals surface area contributed by atoms with E-state index in [9.17, 15) is 8.78 Å². The van der Waals surface area contributed by atoms with Crippen LogP contribution in [0.2, 0.25) is 0 Å². The van der Waals surface area contributed by atoms with E-state index >= 15 is 0 Å². The number of halogens is 3. The van der Waals surface area contributed by atoms with Crippen LogP contribution >= 0.6 is 11.6 Å². The van der Waals surface area contributed by atoms with Crippen molar-refractivity contribution in [1.82, 2.24) is 9.55 Å². The van der Waals surface area contributed by atoms with Gasteiger partial charge in [-0.1, -0.05) is 13.8 Å². The summed E-state index contributed by atoms with van der Waals surface area (Å²) in [7, 11) is 0. The third kappa shape index (κ3) is 2.54. The molecule has 0 saturated heterocycles. The summed E-state index contributed by atoms with van der Waals surface area (Å²) in [5.41, 5.74) is 0.743. The van der Waals surface area contributed by atoms with Crippen molar-refractivity contribution in [1.29, 1.82) is 0 Å². The summed E-state index contributed by atoms with van der Waals surface area (Å²) in [4.78, 5) is 4.29. The summed E-state index contributed by atoms with van der Waals surface area (Å²) in [6.45, 7) is 4.44. The van der Waals surface area contributed by atoms with Gasteiger partial charge in [-0.3, -0.25) is 0 Å². The summed E-state index contributed by atoms with van der Waals surface area (Å²) in [5, 5.41) is 0. The molecule has 0 spiro atoms.